The first-order valence-electron chi connectivity index (χ1n) is 13.6. The van der Waals surface area contributed by atoms with Crippen LogP contribution in [0.3, 0.4) is 0 Å². The van der Waals surface area contributed by atoms with Crippen LogP contribution in [0.15, 0.2) is 72.0 Å². The van der Waals surface area contributed by atoms with Crippen molar-refractivity contribution in [3.05, 3.63) is 89.0 Å². The molecular formula is C30H26ClF3N6O4S. The van der Waals surface area contributed by atoms with Gasteiger partial charge in [-0.15, -0.1) is 18.3 Å². The van der Waals surface area contributed by atoms with Gasteiger partial charge in [-0.2, -0.15) is 4.99 Å². The van der Waals surface area contributed by atoms with Gasteiger partial charge in [-0.1, -0.05) is 48.8 Å². The lowest BCUT2D eigenvalue weighted by Crippen LogP contribution is -2.31. The van der Waals surface area contributed by atoms with E-state index in [0.717, 1.165) is 29.7 Å². The Morgan fingerprint density at radius 1 is 1.13 bits per heavy atom. The van der Waals surface area contributed by atoms with Crippen molar-refractivity contribution in [2.45, 2.75) is 39.7 Å². The molecule has 1 aliphatic heterocycles. The summed E-state index contributed by atoms with van der Waals surface area (Å²) >= 11 is 7.59. The van der Waals surface area contributed by atoms with Crippen molar-refractivity contribution in [3.8, 4) is 17.2 Å². The molecule has 1 aromatic heterocycles. The molecule has 2 heterocycles. The van der Waals surface area contributed by atoms with Crippen molar-refractivity contribution in [2.24, 2.45) is 4.99 Å². The maximum atomic E-state index is 12.8. The van der Waals surface area contributed by atoms with Gasteiger partial charge in [0.25, 0.3) is 0 Å². The van der Waals surface area contributed by atoms with Crippen LogP contribution in [0.4, 0.5) is 29.3 Å². The van der Waals surface area contributed by atoms with E-state index >= 15 is 0 Å². The fourth-order valence-corrected chi connectivity index (χ4v) is 5.50. The highest BCUT2D eigenvalue weighted by atomic mass is 35.5. The molecule has 4 aromatic rings. The molecule has 10 nitrogen and oxygen atoms in total. The number of carbonyl (C=O) groups excluding carboxylic acids is 2. The number of amidine groups is 1. The number of thioether (sulfide) groups is 1. The zero-order chi connectivity index (χ0) is 32.1. The lowest BCUT2D eigenvalue weighted by molar-refractivity contribution is -0.274. The number of aryl methyl sites for hydroxylation is 2. The number of anilines is 2. The summed E-state index contributed by atoms with van der Waals surface area (Å²) in [4.78, 5) is 35.4. The van der Waals surface area contributed by atoms with Gasteiger partial charge in [0.1, 0.15) is 24.4 Å². The molecule has 0 spiro atoms. The van der Waals surface area contributed by atoms with E-state index in [9.17, 15) is 22.8 Å². The number of rotatable bonds is 9. The Labute approximate surface area is 265 Å². The number of carbonyl (C=O) groups is 2. The van der Waals surface area contributed by atoms with Crippen LogP contribution in [0.5, 0.6) is 11.5 Å². The van der Waals surface area contributed by atoms with Gasteiger partial charge in [-0.25, -0.2) is 14.5 Å². The Kier molecular flexibility index (Phi) is 9.63. The molecule has 0 unspecified atom stereocenters. The summed E-state index contributed by atoms with van der Waals surface area (Å²) in [6.07, 6.45) is -1.70. The van der Waals surface area contributed by atoms with Crippen molar-refractivity contribution in [2.75, 3.05) is 16.0 Å². The predicted octanol–water partition coefficient (Wildman–Crippen LogP) is 7.33. The summed E-state index contributed by atoms with van der Waals surface area (Å²) in [5.74, 6) is 0.275. The lowest BCUT2D eigenvalue weighted by atomic mass is 10.0. The highest BCUT2D eigenvalue weighted by Gasteiger charge is 2.32. The zero-order valence-electron chi connectivity index (χ0n) is 24.0. The molecule has 3 amide bonds. The van der Waals surface area contributed by atoms with Gasteiger partial charge in [0.05, 0.1) is 22.2 Å². The Bertz CT molecular complexity index is 1750. The molecule has 0 bridgehead atoms. The number of nitrogens with one attached hydrogen (secondary N) is 1. The first-order valence-corrected chi connectivity index (χ1v) is 15.0. The molecule has 3 aromatic carbocycles. The van der Waals surface area contributed by atoms with E-state index in [2.05, 4.69) is 32.1 Å². The molecule has 234 valence electrons. The second-order valence-electron chi connectivity index (χ2n) is 9.81. The van der Waals surface area contributed by atoms with Gasteiger partial charge in [-0.3, -0.25) is 9.69 Å². The molecule has 15 heteroatoms. The summed E-state index contributed by atoms with van der Waals surface area (Å²) in [5.41, 5.74) is 3.56. The third kappa shape index (κ3) is 8.13. The zero-order valence-corrected chi connectivity index (χ0v) is 25.5. The first-order chi connectivity index (χ1) is 21.5. The number of halogens is 4. The van der Waals surface area contributed by atoms with E-state index in [0.29, 0.717) is 28.1 Å². The van der Waals surface area contributed by atoms with Crippen molar-refractivity contribution >= 4 is 51.8 Å². The van der Waals surface area contributed by atoms with E-state index in [1.54, 1.807) is 12.1 Å². The first kappa shape index (κ1) is 31.9. The van der Waals surface area contributed by atoms with E-state index in [-0.39, 0.29) is 29.0 Å². The van der Waals surface area contributed by atoms with Crippen LogP contribution in [0.25, 0.3) is 5.69 Å². The van der Waals surface area contributed by atoms with Gasteiger partial charge in [0.15, 0.2) is 11.0 Å². The molecule has 5 rings (SSSR count). The van der Waals surface area contributed by atoms with Crippen LogP contribution in [-0.2, 0) is 17.8 Å². The molecule has 1 aliphatic rings. The number of urea groups is 1. The standard InChI is InChI=1S/C30H26ClF3N6O4S/c1-3-4-19-6-5-18(2)13-24(19)40-27(41)16-45-29(40)37-28(42)36-20-7-12-25(23(31)14-20)43-15-26-35-17-39(38-26)21-8-10-22(11-9-21)44-30(32,33)34/h5-14,17H,3-4,15-16H2,1-2H3,(H,36,42). The number of nitrogens with zero attached hydrogens (tertiary/aromatic N) is 5. The minimum Gasteiger partial charge on any atom is -0.484 e. The summed E-state index contributed by atoms with van der Waals surface area (Å²) in [6.45, 7) is 3.95. The molecule has 1 N–H and O–H groups in total. The van der Waals surface area contributed by atoms with Crippen molar-refractivity contribution < 1.29 is 32.2 Å². The molecule has 0 aliphatic carbocycles. The van der Waals surface area contributed by atoms with Crippen molar-refractivity contribution in [1.29, 1.82) is 0 Å². The number of alkyl halides is 3. The lowest BCUT2D eigenvalue weighted by Gasteiger charge is -2.20. The predicted molar refractivity (Wildman–Crippen MR) is 165 cm³/mol. The minimum atomic E-state index is -4.78. The quantitative estimate of drug-likeness (QED) is 0.201. The topological polar surface area (TPSA) is 111 Å². The van der Waals surface area contributed by atoms with Gasteiger partial charge < -0.3 is 14.8 Å². The van der Waals surface area contributed by atoms with E-state index in [4.69, 9.17) is 16.3 Å². The summed E-state index contributed by atoms with van der Waals surface area (Å²) in [7, 11) is 0. The molecule has 0 atom stereocenters. The molecule has 45 heavy (non-hydrogen) atoms. The number of hydrogen-bond donors (Lipinski definition) is 1. The van der Waals surface area contributed by atoms with Gasteiger partial charge in [0, 0.05) is 5.69 Å². The fraction of sp³-hybridized carbons (Fsp3) is 0.233. The number of aliphatic imine (C=N–C) groups is 1. The highest BCUT2D eigenvalue weighted by molar-refractivity contribution is 8.15. The number of hydrogen-bond acceptors (Lipinski definition) is 7. The van der Waals surface area contributed by atoms with Crippen molar-refractivity contribution in [1.82, 2.24) is 14.8 Å². The highest BCUT2D eigenvalue weighted by Crippen LogP contribution is 2.32. The van der Waals surface area contributed by atoms with Crippen LogP contribution >= 0.6 is 23.4 Å². The van der Waals surface area contributed by atoms with Crippen LogP contribution in [0.1, 0.15) is 30.3 Å². The summed E-state index contributed by atoms with van der Waals surface area (Å²) < 4.78 is 48.1. The van der Waals surface area contributed by atoms with E-state index in [1.165, 1.54) is 58.0 Å². The molecular weight excluding hydrogens is 633 g/mol. The normalized spacial score (nSPS) is 14.2. The Hall–Kier alpha value is -4.56. The third-order valence-corrected chi connectivity index (χ3v) is 7.60. The molecule has 0 radical (unpaired) electrons. The van der Waals surface area contributed by atoms with Gasteiger partial charge >= 0.3 is 12.4 Å². The minimum absolute atomic E-state index is 0.0542. The summed E-state index contributed by atoms with van der Waals surface area (Å²) in [5, 5.41) is 7.43. The maximum Gasteiger partial charge on any atom is 0.573 e. The monoisotopic (exact) mass is 658 g/mol. The smallest absolute Gasteiger partial charge is 0.484 e. The molecule has 0 saturated carbocycles. The van der Waals surface area contributed by atoms with Crippen LogP contribution in [-0.4, -0.2) is 44.0 Å². The van der Waals surface area contributed by atoms with Crippen LogP contribution in [0, 0.1) is 6.92 Å². The number of ether oxygens (including phenoxy) is 2. The number of aromatic nitrogens is 3. The second-order valence-corrected chi connectivity index (χ2v) is 11.2. The fourth-order valence-electron chi connectivity index (χ4n) is 4.41. The van der Waals surface area contributed by atoms with Crippen molar-refractivity contribution in [3.63, 3.8) is 0 Å². The largest absolute Gasteiger partial charge is 0.573 e. The van der Waals surface area contributed by atoms with Crippen LogP contribution in [0.2, 0.25) is 5.02 Å². The maximum absolute atomic E-state index is 12.8. The Balaban J connectivity index is 1.21. The average molecular weight is 659 g/mol. The van der Waals surface area contributed by atoms with Crippen LogP contribution < -0.4 is 19.7 Å². The molecule has 1 saturated heterocycles. The van der Waals surface area contributed by atoms with E-state index in [1.807, 2.05) is 25.1 Å². The second kappa shape index (κ2) is 13.6. The Morgan fingerprint density at radius 3 is 2.62 bits per heavy atom. The van der Waals surface area contributed by atoms with E-state index < -0.39 is 12.4 Å². The molecule has 1 fully saturated rings. The van der Waals surface area contributed by atoms with Gasteiger partial charge in [-0.05, 0) is 73.0 Å². The Morgan fingerprint density at radius 2 is 1.91 bits per heavy atom. The summed E-state index contributed by atoms with van der Waals surface area (Å²) in [6, 6.07) is 15.0. The van der Waals surface area contributed by atoms with Gasteiger partial charge in [0.2, 0.25) is 5.91 Å². The number of benzene rings is 3. The number of amides is 3. The third-order valence-electron chi connectivity index (χ3n) is 6.38. The SMILES string of the molecule is CCCc1ccc(C)cc1N1C(=O)CSC1=NC(=O)Nc1ccc(OCc2ncn(-c3ccc(OC(F)(F)F)cc3)n2)c(Cl)c1. The average Bonchev–Trinajstić information content (AvgIpc) is 3.59.